The van der Waals surface area contributed by atoms with Crippen LogP contribution in [0.1, 0.15) is 31.1 Å². The number of rotatable bonds is 4. The fourth-order valence-corrected chi connectivity index (χ4v) is 5.11. The molecular weight excluding hydrogens is 360 g/mol. The van der Waals surface area contributed by atoms with E-state index >= 15 is 0 Å². The van der Waals surface area contributed by atoms with E-state index in [1.807, 2.05) is 0 Å². The zero-order valence-electron chi connectivity index (χ0n) is 14.8. The average Bonchev–Trinajstić information content (AvgIpc) is 2.84. The highest BCUT2D eigenvalue weighted by molar-refractivity contribution is 8.01. The first kappa shape index (κ1) is 18.4. The van der Waals surface area contributed by atoms with Crippen molar-refractivity contribution in [3.8, 4) is 11.5 Å². The highest BCUT2D eigenvalue weighted by atomic mass is 32.2. The van der Waals surface area contributed by atoms with E-state index in [1.165, 1.54) is 42.0 Å². The zero-order chi connectivity index (χ0) is 19.4. The summed E-state index contributed by atoms with van der Waals surface area (Å²) in [4.78, 5) is 38.2. The summed E-state index contributed by atoms with van der Waals surface area (Å²) in [6, 6.07) is 3.19. The third kappa shape index (κ3) is 2.49. The van der Waals surface area contributed by atoms with Crippen molar-refractivity contribution in [1.82, 2.24) is 10.2 Å². The van der Waals surface area contributed by atoms with Crippen molar-refractivity contribution in [3.63, 3.8) is 0 Å². The van der Waals surface area contributed by atoms with Crippen LogP contribution in [0.4, 0.5) is 0 Å². The molecule has 2 saturated heterocycles. The van der Waals surface area contributed by atoms with Crippen LogP contribution in [0.3, 0.4) is 0 Å². The molecule has 8 nitrogen and oxygen atoms in total. The van der Waals surface area contributed by atoms with Crippen LogP contribution < -0.4 is 10.1 Å². The van der Waals surface area contributed by atoms with E-state index in [0.29, 0.717) is 0 Å². The Morgan fingerprint density at radius 3 is 2.54 bits per heavy atom. The van der Waals surface area contributed by atoms with E-state index in [4.69, 9.17) is 4.74 Å². The Kier molecular flexibility index (Phi) is 4.10. The number of carbonyl (C=O) groups is 3. The number of hydrogen-bond acceptors (Lipinski definition) is 6. The van der Waals surface area contributed by atoms with Crippen LogP contribution in [0.2, 0.25) is 0 Å². The second-order valence-electron chi connectivity index (χ2n) is 7.07. The largest absolute Gasteiger partial charge is 0.504 e. The number of aliphatic carboxylic acids is 1. The lowest BCUT2D eigenvalue weighted by Gasteiger charge is -2.51. The fraction of sp³-hybridized carbons (Fsp3) is 0.471. The van der Waals surface area contributed by atoms with Crippen molar-refractivity contribution >= 4 is 29.5 Å². The number of phenolic OH excluding ortho intramolecular Hbond substituents is 1. The molecule has 3 N–H and O–H groups in total. The maximum atomic E-state index is 12.7. The van der Waals surface area contributed by atoms with Gasteiger partial charge < -0.3 is 25.2 Å². The summed E-state index contributed by atoms with van der Waals surface area (Å²) in [5.41, 5.74) is -0.974. The van der Waals surface area contributed by atoms with Crippen LogP contribution in [-0.4, -0.2) is 61.7 Å². The predicted octanol–water partition coefficient (Wildman–Crippen LogP) is 1.04. The number of methoxy groups -OCH3 is 1. The topological polar surface area (TPSA) is 116 Å². The number of carboxylic acids is 1. The number of fused-ring (bicyclic) bond motifs is 1. The van der Waals surface area contributed by atoms with Gasteiger partial charge in [0.15, 0.2) is 11.5 Å². The monoisotopic (exact) mass is 380 g/mol. The van der Waals surface area contributed by atoms with Gasteiger partial charge in [-0.2, -0.15) is 0 Å². The number of β-lactam (4-membered cyclic amide) rings is 1. The van der Waals surface area contributed by atoms with Crippen molar-refractivity contribution in [2.45, 2.75) is 42.5 Å². The van der Waals surface area contributed by atoms with Gasteiger partial charge in [-0.15, -0.1) is 11.8 Å². The number of carbonyl (C=O) groups excluding carboxylic acids is 2. The molecule has 1 aromatic rings. The van der Waals surface area contributed by atoms with Gasteiger partial charge in [-0.25, -0.2) is 4.79 Å². The van der Waals surface area contributed by atoms with E-state index in [1.54, 1.807) is 20.8 Å². The van der Waals surface area contributed by atoms with E-state index < -0.39 is 39.5 Å². The number of nitrogens with zero attached hydrogens (tertiary/aromatic N) is 1. The third-order valence-corrected chi connectivity index (χ3v) is 6.58. The molecule has 9 heteroatoms. The van der Waals surface area contributed by atoms with Crippen LogP contribution in [0, 0.1) is 0 Å². The maximum Gasteiger partial charge on any atom is 0.327 e. The first-order valence-corrected chi connectivity index (χ1v) is 8.84. The Balaban J connectivity index is 1.84. The first-order chi connectivity index (χ1) is 12.0. The molecule has 0 aliphatic carbocycles. The smallest absolute Gasteiger partial charge is 0.327 e. The molecule has 2 aliphatic heterocycles. The minimum absolute atomic E-state index is 0.0986. The molecule has 2 heterocycles. The van der Waals surface area contributed by atoms with Crippen molar-refractivity contribution in [1.29, 1.82) is 0 Å². The number of ether oxygens (including phenoxy) is 1. The second kappa shape index (κ2) is 5.80. The molecule has 1 aromatic carbocycles. The van der Waals surface area contributed by atoms with E-state index in [-0.39, 0.29) is 17.1 Å². The molecular formula is C17H20N2O6S. The number of hydrogen-bond donors (Lipinski definition) is 3. The van der Waals surface area contributed by atoms with Gasteiger partial charge in [0.2, 0.25) is 0 Å². The van der Waals surface area contributed by atoms with Crippen LogP contribution in [0.25, 0.3) is 0 Å². The van der Waals surface area contributed by atoms with Crippen LogP contribution in [0.15, 0.2) is 18.2 Å². The minimum Gasteiger partial charge on any atom is -0.504 e. The maximum absolute atomic E-state index is 12.7. The van der Waals surface area contributed by atoms with Gasteiger partial charge in [0, 0.05) is 10.3 Å². The third-order valence-electron chi connectivity index (χ3n) is 4.83. The van der Waals surface area contributed by atoms with Crippen molar-refractivity contribution in [2.24, 2.45) is 0 Å². The Morgan fingerprint density at radius 2 is 1.96 bits per heavy atom. The van der Waals surface area contributed by atoms with E-state index in [0.717, 1.165) is 0 Å². The van der Waals surface area contributed by atoms with Crippen molar-refractivity contribution < 1.29 is 29.3 Å². The Hall–Kier alpha value is -2.42. The van der Waals surface area contributed by atoms with Gasteiger partial charge in [0.25, 0.3) is 11.8 Å². The molecule has 0 radical (unpaired) electrons. The summed E-state index contributed by atoms with van der Waals surface area (Å²) in [6.45, 7) is 5.14. The summed E-state index contributed by atoms with van der Waals surface area (Å²) < 4.78 is 4.32. The lowest BCUT2D eigenvalue weighted by molar-refractivity contribution is -0.165. The summed E-state index contributed by atoms with van der Waals surface area (Å²) in [7, 11) is 1.37. The number of thioether (sulfide) groups is 1. The van der Waals surface area contributed by atoms with Gasteiger partial charge in [0.1, 0.15) is 17.0 Å². The van der Waals surface area contributed by atoms with Gasteiger partial charge in [0.05, 0.1) is 7.11 Å². The second-order valence-corrected chi connectivity index (χ2v) is 8.80. The van der Waals surface area contributed by atoms with Gasteiger partial charge in [-0.3, -0.25) is 9.59 Å². The molecule has 1 unspecified atom stereocenters. The Labute approximate surface area is 154 Å². The quantitative estimate of drug-likeness (QED) is 0.668. The molecule has 3 rings (SSSR count). The lowest BCUT2D eigenvalue weighted by Crippen LogP contribution is -2.78. The van der Waals surface area contributed by atoms with Crippen LogP contribution >= 0.6 is 11.8 Å². The fourth-order valence-electron chi connectivity index (χ4n) is 3.47. The molecule has 2 amide bonds. The molecule has 140 valence electrons. The molecule has 0 saturated carbocycles. The standard InChI is InChI=1S/C17H20N2O6S/c1-16(2)11(13(22)23)19-14(24)17(3,15(19)26-16)18-12(21)8-5-6-9(20)10(7-8)25-4/h5-7,11,15,20H,1-4H3,(H,18,21)(H,22,23)/t11-,15+,17?/m0/s1. The lowest BCUT2D eigenvalue weighted by atomic mass is 9.86. The first-order valence-electron chi connectivity index (χ1n) is 7.96. The van der Waals surface area contributed by atoms with Gasteiger partial charge in [-0.05, 0) is 39.0 Å². The van der Waals surface area contributed by atoms with Gasteiger partial charge in [-0.1, -0.05) is 0 Å². The highest BCUT2D eigenvalue weighted by Gasteiger charge is 2.70. The Bertz CT molecular complexity index is 810. The molecule has 2 fully saturated rings. The summed E-state index contributed by atoms with van der Waals surface area (Å²) in [5.74, 6) is -1.94. The van der Waals surface area contributed by atoms with Crippen molar-refractivity contribution in [2.75, 3.05) is 7.11 Å². The SMILES string of the molecule is COc1cc(C(=O)NC2(C)C(=O)N3[C@@H](C(=O)O)C(C)(C)S[C@@H]32)ccc1O. The molecule has 2 aliphatic rings. The van der Waals surface area contributed by atoms with E-state index in [2.05, 4.69) is 5.32 Å². The number of carboxylic acid groups (broad SMARTS) is 1. The summed E-state index contributed by atoms with van der Waals surface area (Å²) in [6.07, 6.45) is 0. The molecule has 0 bridgehead atoms. The van der Waals surface area contributed by atoms with Crippen molar-refractivity contribution in [3.05, 3.63) is 23.8 Å². The number of amides is 2. The van der Waals surface area contributed by atoms with Crippen LogP contribution in [0.5, 0.6) is 11.5 Å². The minimum atomic E-state index is -1.20. The number of nitrogens with one attached hydrogen (secondary N) is 1. The van der Waals surface area contributed by atoms with Crippen LogP contribution in [-0.2, 0) is 9.59 Å². The number of phenols is 1. The van der Waals surface area contributed by atoms with E-state index in [9.17, 15) is 24.6 Å². The number of aromatic hydroxyl groups is 1. The summed E-state index contributed by atoms with van der Waals surface area (Å²) in [5, 5.41) is 21.4. The number of benzene rings is 1. The molecule has 0 aromatic heterocycles. The summed E-state index contributed by atoms with van der Waals surface area (Å²) >= 11 is 1.36. The normalized spacial score (nSPS) is 28.9. The van der Waals surface area contributed by atoms with Gasteiger partial charge >= 0.3 is 5.97 Å². The average molecular weight is 380 g/mol. The Morgan fingerprint density at radius 1 is 1.31 bits per heavy atom. The molecule has 0 spiro atoms. The molecule has 26 heavy (non-hydrogen) atoms. The zero-order valence-corrected chi connectivity index (χ0v) is 15.6. The predicted molar refractivity (Wildman–Crippen MR) is 94.3 cm³/mol. The molecule has 3 atom stereocenters. The highest BCUT2D eigenvalue weighted by Crippen LogP contribution is 2.54.